The Morgan fingerprint density at radius 2 is 0.606 bits per heavy atom. The van der Waals surface area contributed by atoms with Crippen LogP contribution in [0, 0.1) is 0 Å². The molecule has 2 heterocycles. The van der Waals surface area contributed by atoms with Crippen LogP contribution in [0.25, 0.3) is 44.5 Å². The van der Waals surface area contributed by atoms with Gasteiger partial charge in [0, 0.05) is 39.2 Å². The minimum atomic E-state index is -0.616. The number of para-hydroxylation sites is 5. The molecule has 3 heteroatoms. The molecule has 0 atom stereocenters. The molecule has 3 nitrogen and oxygen atoms in total. The molecule has 71 heavy (non-hydrogen) atoms. The zero-order chi connectivity index (χ0) is 46.7. The van der Waals surface area contributed by atoms with Crippen molar-refractivity contribution in [1.82, 2.24) is 0 Å². The highest BCUT2D eigenvalue weighted by Gasteiger charge is 2.53. The Kier molecular flexibility index (Phi) is 8.49. The fourth-order valence-corrected chi connectivity index (χ4v) is 12.8. The average Bonchev–Trinajstić information content (AvgIpc) is 3.89. The fourth-order valence-electron chi connectivity index (χ4n) is 12.8. The molecule has 11 aromatic carbocycles. The van der Waals surface area contributed by atoms with Crippen LogP contribution in [0.4, 0.5) is 17.1 Å². The van der Waals surface area contributed by atoms with Crippen LogP contribution in [-0.4, -0.2) is 0 Å². The van der Waals surface area contributed by atoms with Crippen molar-refractivity contribution >= 4 is 17.1 Å². The molecule has 2 aliphatic carbocycles. The first-order chi connectivity index (χ1) is 35.2. The Balaban J connectivity index is 0.973. The van der Waals surface area contributed by atoms with Gasteiger partial charge in [0.1, 0.15) is 23.0 Å². The van der Waals surface area contributed by atoms with Gasteiger partial charge in [-0.1, -0.05) is 200 Å². The second kappa shape index (κ2) is 15.2. The number of nitrogens with zero attached hydrogens (tertiary/aromatic N) is 1. The molecule has 0 amide bonds. The summed E-state index contributed by atoms with van der Waals surface area (Å²) in [4.78, 5) is 2.47. The Bertz CT molecular complexity index is 3870. The molecule has 0 radical (unpaired) electrons. The van der Waals surface area contributed by atoms with Crippen molar-refractivity contribution < 1.29 is 9.47 Å². The van der Waals surface area contributed by atoms with Crippen LogP contribution >= 0.6 is 0 Å². The van der Waals surface area contributed by atoms with Crippen molar-refractivity contribution in [2.24, 2.45) is 0 Å². The topological polar surface area (TPSA) is 21.7 Å². The first-order valence-electron chi connectivity index (χ1n) is 24.5. The molecule has 0 saturated heterocycles. The van der Waals surface area contributed by atoms with Gasteiger partial charge < -0.3 is 14.4 Å². The van der Waals surface area contributed by atoms with Gasteiger partial charge in [-0.2, -0.15) is 0 Å². The molecule has 11 aromatic rings. The standard InChI is InChI=1S/C68H43NO2/c1-2-18-44(19-3-1)45-34-37-47(38-35-45)69(48-39-41-53-51-22-5-8-24-55(51)68(61(53)43-48)58-27-11-16-32-65(58)71-66-33-17-12-28-59(66)68)62-29-13-6-20-49(62)46-36-40-52-50-21-4-7-23-54(50)67(60(52)42-46)56-25-9-14-30-63(56)70-64-31-15-10-26-57(64)67/h1-43H. The zero-order valence-corrected chi connectivity index (χ0v) is 38.6. The summed E-state index contributed by atoms with van der Waals surface area (Å²) in [5, 5.41) is 0. The third-order valence-electron chi connectivity index (χ3n) is 15.6. The number of hydrogen-bond donors (Lipinski definition) is 0. The highest BCUT2D eigenvalue weighted by Crippen LogP contribution is 2.64. The first-order valence-corrected chi connectivity index (χ1v) is 24.5. The maximum absolute atomic E-state index is 6.74. The zero-order valence-electron chi connectivity index (χ0n) is 38.6. The summed E-state index contributed by atoms with van der Waals surface area (Å²) in [5.41, 5.74) is 21.2. The first kappa shape index (κ1) is 39.8. The van der Waals surface area contributed by atoms with Crippen molar-refractivity contribution in [1.29, 1.82) is 0 Å². The van der Waals surface area contributed by atoms with Gasteiger partial charge in [-0.3, -0.25) is 0 Å². The van der Waals surface area contributed by atoms with Crippen LogP contribution in [0.1, 0.15) is 44.5 Å². The van der Waals surface area contributed by atoms with E-state index >= 15 is 0 Å². The molecule has 2 aliphatic heterocycles. The van der Waals surface area contributed by atoms with Gasteiger partial charge in [0.2, 0.25) is 0 Å². The summed E-state index contributed by atoms with van der Waals surface area (Å²) in [6, 6.07) is 95.2. The third-order valence-corrected chi connectivity index (χ3v) is 15.6. The van der Waals surface area contributed by atoms with Gasteiger partial charge in [-0.25, -0.2) is 0 Å². The average molecular weight is 906 g/mol. The maximum atomic E-state index is 6.74. The summed E-state index contributed by atoms with van der Waals surface area (Å²) in [5.74, 6) is 3.53. The van der Waals surface area contributed by atoms with Crippen molar-refractivity contribution in [3.63, 3.8) is 0 Å². The number of anilines is 3. The molecule has 0 saturated carbocycles. The summed E-state index contributed by atoms with van der Waals surface area (Å²) < 4.78 is 13.5. The normalized spacial score (nSPS) is 14.1. The lowest BCUT2D eigenvalue weighted by molar-refractivity contribution is 0.436. The Hall–Kier alpha value is -9.18. The SMILES string of the molecule is c1ccc(-c2ccc(N(c3ccc4c(c3)C3(c5ccccc5Oc5ccccc53)c3ccccc3-4)c3ccccc3-c3ccc4c(c3)C3(c5ccccc5Oc5ccccc53)c3ccccc3-4)cc2)cc1. The largest absolute Gasteiger partial charge is 0.457 e. The van der Waals surface area contributed by atoms with Crippen LogP contribution in [0.15, 0.2) is 261 Å². The molecule has 0 bridgehead atoms. The van der Waals surface area contributed by atoms with Crippen LogP contribution < -0.4 is 14.4 Å². The molecule has 0 fully saturated rings. The summed E-state index contributed by atoms with van der Waals surface area (Å²) >= 11 is 0. The highest BCUT2D eigenvalue weighted by atomic mass is 16.5. The molecular weight excluding hydrogens is 863 g/mol. The lowest BCUT2D eigenvalue weighted by atomic mass is 9.66. The van der Waals surface area contributed by atoms with Gasteiger partial charge in [-0.05, 0) is 122 Å². The van der Waals surface area contributed by atoms with E-state index in [1.165, 1.54) is 55.6 Å². The Labute approximate surface area is 413 Å². The molecule has 0 aromatic heterocycles. The van der Waals surface area contributed by atoms with Crippen molar-refractivity contribution in [3.8, 4) is 67.5 Å². The quantitative estimate of drug-likeness (QED) is 0.172. The summed E-state index contributed by atoms with van der Waals surface area (Å²) in [7, 11) is 0. The minimum Gasteiger partial charge on any atom is -0.457 e. The van der Waals surface area contributed by atoms with E-state index in [-0.39, 0.29) is 0 Å². The second-order valence-corrected chi connectivity index (χ2v) is 19.0. The second-order valence-electron chi connectivity index (χ2n) is 19.0. The van der Waals surface area contributed by atoms with Gasteiger partial charge in [0.25, 0.3) is 0 Å². The van der Waals surface area contributed by atoms with E-state index in [2.05, 4.69) is 266 Å². The van der Waals surface area contributed by atoms with Gasteiger partial charge in [0.05, 0.1) is 16.5 Å². The minimum absolute atomic E-state index is 0.588. The van der Waals surface area contributed by atoms with Crippen molar-refractivity contribution in [3.05, 3.63) is 305 Å². The van der Waals surface area contributed by atoms with Crippen molar-refractivity contribution in [2.45, 2.75) is 10.8 Å². The fraction of sp³-hybridized carbons (Fsp3) is 0.0294. The summed E-state index contributed by atoms with van der Waals surface area (Å²) in [6.45, 7) is 0. The predicted molar refractivity (Wildman–Crippen MR) is 287 cm³/mol. The molecule has 15 rings (SSSR count). The molecule has 4 aliphatic rings. The van der Waals surface area contributed by atoms with E-state index in [4.69, 9.17) is 9.47 Å². The van der Waals surface area contributed by atoms with Crippen LogP contribution in [0.3, 0.4) is 0 Å². The number of rotatable bonds is 5. The Morgan fingerprint density at radius 1 is 0.239 bits per heavy atom. The number of ether oxygens (including phenoxy) is 2. The molecule has 0 unspecified atom stereocenters. The summed E-state index contributed by atoms with van der Waals surface area (Å²) in [6.07, 6.45) is 0. The predicted octanol–water partition coefficient (Wildman–Crippen LogP) is 17.4. The third kappa shape index (κ3) is 5.49. The van der Waals surface area contributed by atoms with Gasteiger partial charge in [-0.15, -0.1) is 0 Å². The smallest absolute Gasteiger partial charge is 0.132 e. The van der Waals surface area contributed by atoms with E-state index in [0.717, 1.165) is 73.4 Å². The monoisotopic (exact) mass is 905 g/mol. The highest BCUT2D eigenvalue weighted by molar-refractivity contribution is 5.96. The number of hydrogen-bond acceptors (Lipinski definition) is 3. The van der Waals surface area contributed by atoms with E-state index in [1.54, 1.807) is 0 Å². The van der Waals surface area contributed by atoms with Gasteiger partial charge in [0.15, 0.2) is 0 Å². The molecule has 332 valence electrons. The molecular formula is C68H43NO2. The lowest BCUT2D eigenvalue weighted by Gasteiger charge is -2.40. The van der Waals surface area contributed by atoms with Gasteiger partial charge >= 0.3 is 0 Å². The maximum Gasteiger partial charge on any atom is 0.132 e. The lowest BCUT2D eigenvalue weighted by Crippen LogP contribution is -2.32. The van der Waals surface area contributed by atoms with E-state index < -0.39 is 10.8 Å². The van der Waals surface area contributed by atoms with E-state index in [1.807, 2.05) is 0 Å². The number of benzene rings is 11. The molecule has 2 spiro atoms. The number of fused-ring (bicyclic) bond motifs is 18. The van der Waals surface area contributed by atoms with Crippen molar-refractivity contribution in [2.75, 3.05) is 4.90 Å². The van der Waals surface area contributed by atoms with E-state index in [0.29, 0.717) is 0 Å². The van der Waals surface area contributed by atoms with Crippen LogP contribution in [0.5, 0.6) is 23.0 Å². The van der Waals surface area contributed by atoms with E-state index in [9.17, 15) is 0 Å². The molecule has 0 N–H and O–H groups in total. The van der Waals surface area contributed by atoms with Crippen LogP contribution in [0.2, 0.25) is 0 Å². The van der Waals surface area contributed by atoms with Crippen LogP contribution in [-0.2, 0) is 10.8 Å². The Morgan fingerprint density at radius 3 is 1.14 bits per heavy atom.